The van der Waals surface area contributed by atoms with Crippen molar-refractivity contribution >= 4 is 17.5 Å². The molecule has 2 heterocycles. The third-order valence-electron chi connectivity index (χ3n) is 2.96. The molecular formula is C15H18N4O2. The number of carbonyl (C=O) groups is 1. The van der Waals surface area contributed by atoms with Gasteiger partial charge in [-0.3, -0.25) is 4.98 Å². The number of anilines is 2. The molecule has 0 aliphatic carbocycles. The first kappa shape index (κ1) is 14.8. The SMILES string of the molecule is CCOC(=O)c1cc(N)cnc1NC(C)c1ccncc1. The molecule has 0 aliphatic rings. The highest BCUT2D eigenvalue weighted by Crippen LogP contribution is 2.22. The Morgan fingerprint density at radius 1 is 1.43 bits per heavy atom. The van der Waals surface area contributed by atoms with Crippen LogP contribution in [-0.4, -0.2) is 22.5 Å². The lowest BCUT2D eigenvalue weighted by Gasteiger charge is -2.17. The maximum Gasteiger partial charge on any atom is 0.341 e. The van der Waals surface area contributed by atoms with Gasteiger partial charge in [0.15, 0.2) is 0 Å². The van der Waals surface area contributed by atoms with Gasteiger partial charge in [-0.15, -0.1) is 0 Å². The molecule has 0 spiro atoms. The number of pyridine rings is 2. The summed E-state index contributed by atoms with van der Waals surface area (Å²) in [5.74, 6) is 0.00805. The maximum absolute atomic E-state index is 12.0. The number of esters is 1. The summed E-state index contributed by atoms with van der Waals surface area (Å²) in [6, 6.07) is 5.34. The van der Waals surface area contributed by atoms with Crippen LogP contribution in [0.1, 0.15) is 35.8 Å². The van der Waals surface area contributed by atoms with E-state index in [-0.39, 0.29) is 6.04 Å². The molecule has 0 aromatic carbocycles. The van der Waals surface area contributed by atoms with E-state index >= 15 is 0 Å². The molecule has 2 aromatic heterocycles. The molecule has 0 fully saturated rings. The Morgan fingerprint density at radius 3 is 2.81 bits per heavy atom. The average Bonchev–Trinajstić information content (AvgIpc) is 2.50. The normalized spacial score (nSPS) is 11.7. The van der Waals surface area contributed by atoms with Gasteiger partial charge in [-0.1, -0.05) is 0 Å². The summed E-state index contributed by atoms with van der Waals surface area (Å²) in [5.41, 5.74) is 7.49. The van der Waals surface area contributed by atoms with Crippen LogP contribution < -0.4 is 11.1 Å². The van der Waals surface area contributed by atoms with Crippen molar-refractivity contribution in [3.63, 3.8) is 0 Å². The molecule has 110 valence electrons. The van der Waals surface area contributed by atoms with E-state index in [9.17, 15) is 4.79 Å². The molecule has 0 radical (unpaired) electrons. The van der Waals surface area contributed by atoms with E-state index in [4.69, 9.17) is 10.5 Å². The minimum Gasteiger partial charge on any atom is -0.462 e. The molecule has 0 saturated heterocycles. The predicted molar refractivity (Wildman–Crippen MR) is 80.9 cm³/mol. The van der Waals surface area contributed by atoms with Crippen LogP contribution in [0.25, 0.3) is 0 Å². The van der Waals surface area contributed by atoms with Crippen LogP contribution in [0, 0.1) is 0 Å². The standard InChI is InChI=1S/C15H18N4O2/c1-3-21-15(20)13-8-12(16)9-18-14(13)19-10(2)11-4-6-17-7-5-11/h4-10H,3,16H2,1-2H3,(H,18,19). The van der Waals surface area contributed by atoms with Gasteiger partial charge in [0.05, 0.1) is 24.5 Å². The number of nitrogen functional groups attached to an aromatic ring is 1. The zero-order valence-electron chi connectivity index (χ0n) is 12.0. The number of rotatable bonds is 5. The summed E-state index contributed by atoms with van der Waals surface area (Å²) in [6.07, 6.45) is 4.94. The molecule has 0 amide bonds. The Kier molecular flexibility index (Phi) is 4.71. The summed E-state index contributed by atoms with van der Waals surface area (Å²) < 4.78 is 5.03. The molecule has 6 nitrogen and oxygen atoms in total. The largest absolute Gasteiger partial charge is 0.462 e. The first-order chi connectivity index (χ1) is 10.1. The lowest BCUT2D eigenvalue weighted by atomic mass is 10.1. The summed E-state index contributed by atoms with van der Waals surface area (Å²) in [6.45, 7) is 4.03. The van der Waals surface area contributed by atoms with Crippen molar-refractivity contribution in [2.24, 2.45) is 0 Å². The first-order valence-corrected chi connectivity index (χ1v) is 6.71. The number of aromatic nitrogens is 2. The maximum atomic E-state index is 12.0. The highest BCUT2D eigenvalue weighted by Gasteiger charge is 2.16. The van der Waals surface area contributed by atoms with E-state index in [1.807, 2.05) is 19.1 Å². The van der Waals surface area contributed by atoms with Gasteiger partial charge in [0.2, 0.25) is 0 Å². The molecule has 0 bridgehead atoms. The van der Waals surface area contributed by atoms with Gasteiger partial charge >= 0.3 is 5.97 Å². The fraction of sp³-hybridized carbons (Fsp3) is 0.267. The van der Waals surface area contributed by atoms with Gasteiger partial charge in [-0.2, -0.15) is 0 Å². The van der Waals surface area contributed by atoms with Crippen LogP contribution >= 0.6 is 0 Å². The van der Waals surface area contributed by atoms with E-state index < -0.39 is 5.97 Å². The van der Waals surface area contributed by atoms with Gasteiger partial charge in [0.25, 0.3) is 0 Å². The molecule has 2 rings (SSSR count). The summed E-state index contributed by atoms with van der Waals surface area (Å²) >= 11 is 0. The highest BCUT2D eigenvalue weighted by molar-refractivity contribution is 5.95. The van der Waals surface area contributed by atoms with Crippen molar-refractivity contribution in [3.05, 3.63) is 47.9 Å². The average molecular weight is 286 g/mol. The van der Waals surface area contributed by atoms with Gasteiger partial charge in [0.1, 0.15) is 11.4 Å². The van der Waals surface area contributed by atoms with Crippen LogP contribution in [0.4, 0.5) is 11.5 Å². The van der Waals surface area contributed by atoms with Crippen molar-refractivity contribution in [1.29, 1.82) is 0 Å². The molecule has 21 heavy (non-hydrogen) atoms. The Balaban J connectivity index is 2.25. The zero-order valence-corrected chi connectivity index (χ0v) is 12.0. The second-order valence-corrected chi connectivity index (χ2v) is 4.53. The summed E-state index contributed by atoms with van der Waals surface area (Å²) in [4.78, 5) is 20.1. The number of hydrogen-bond donors (Lipinski definition) is 2. The number of carbonyl (C=O) groups excluding carboxylic acids is 1. The quantitative estimate of drug-likeness (QED) is 0.820. The second kappa shape index (κ2) is 6.69. The zero-order chi connectivity index (χ0) is 15.2. The first-order valence-electron chi connectivity index (χ1n) is 6.71. The summed E-state index contributed by atoms with van der Waals surface area (Å²) in [5, 5.41) is 3.20. The lowest BCUT2D eigenvalue weighted by molar-refractivity contribution is 0.0527. The van der Waals surface area contributed by atoms with E-state index in [2.05, 4.69) is 15.3 Å². The van der Waals surface area contributed by atoms with Gasteiger partial charge in [0, 0.05) is 12.4 Å². The third-order valence-corrected chi connectivity index (χ3v) is 2.96. The topological polar surface area (TPSA) is 90.1 Å². The predicted octanol–water partition coefficient (Wildman–Crippen LogP) is 2.41. The van der Waals surface area contributed by atoms with Gasteiger partial charge in [-0.05, 0) is 37.6 Å². The minimum atomic E-state index is -0.443. The Morgan fingerprint density at radius 2 is 2.14 bits per heavy atom. The molecule has 0 aliphatic heterocycles. The smallest absolute Gasteiger partial charge is 0.341 e. The van der Waals surface area contributed by atoms with E-state index in [0.717, 1.165) is 5.56 Å². The van der Waals surface area contributed by atoms with E-state index in [1.165, 1.54) is 6.20 Å². The number of nitrogens with one attached hydrogen (secondary N) is 1. The molecule has 0 saturated carbocycles. The van der Waals surface area contributed by atoms with Gasteiger partial charge in [-0.25, -0.2) is 9.78 Å². The van der Waals surface area contributed by atoms with Crippen molar-refractivity contribution in [1.82, 2.24) is 9.97 Å². The number of ether oxygens (including phenoxy) is 1. The molecular weight excluding hydrogens is 268 g/mol. The highest BCUT2D eigenvalue weighted by atomic mass is 16.5. The van der Waals surface area contributed by atoms with Crippen LogP contribution in [0.3, 0.4) is 0 Å². The fourth-order valence-electron chi connectivity index (χ4n) is 1.90. The van der Waals surface area contributed by atoms with Crippen molar-refractivity contribution in [3.8, 4) is 0 Å². The number of hydrogen-bond acceptors (Lipinski definition) is 6. The van der Waals surface area contributed by atoms with Crippen LogP contribution in [0.5, 0.6) is 0 Å². The number of nitrogens with two attached hydrogens (primary N) is 1. The minimum absolute atomic E-state index is 0.0303. The van der Waals surface area contributed by atoms with E-state index in [0.29, 0.717) is 23.7 Å². The molecule has 2 aromatic rings. The summed E-state index contributed by atoms with van der Waals surface area (Å²) in [7, 11) is 0. The molecule has 3 N–H and O–H groups in total. The Hall–Kier alpha value is -2.63. The van der Waals surface area contributed by atoms with Crippen LogP contribution in [-0.2, 0) is 4.74 Å². The van der Waals surface area contributed by atoms with Crippen LogP contribution in [0.2, 0.25) is 0 Å². The molecule has 1 unspecified atom stereocenters. The Bertz CT molecular complexity index is 616. The molecule has 6 heteroatoms. The lowest BCUT2D eigenvalue weighted by Crippen LogP contribution is -2.14. The van der Waals surface area contributed by atoms with E-state index in [1.54, 1.807) is 25.4 Å². The van der Waals surface area contributed by atoms with Crippen molar-refractivity contribution < 1.29 is 9.53 Å². The van der Waals surface area contributed by atoms with Crippen LogP contribution in [0.15, 0.2) is 36.8 Å². The Labute approximate surface area is 123 Å². The monoisotopic (exact) mass is 286 g/mol. The fourth-order valence-corrected chi connectivity index (χ4v) is 1.90. The second-order valence-electron chi connectivity index (χ2n) is 4.53. The third kappa shape index (κ3) is 3.68. The van der Waals surface area contributed by atoms with Crippen molar-refractivity contribution in [2.45, 2.75) is 19.9 Å². The molecule has 1 atom stereocenters. The van der Waals surface area contributed by atoms with Gasteiger partial charge < -0.3 is 15.8 Å². The van der Waals surface area contributed by atoms with Crippen molar-refractivity contribution in [2.75, 3.05) is 17.7 Å². The number of nitrogens with zero attached hydrogens (tertiary/aromatic N) is 2.